The molecule has 2 fully saturated rings. The molecule has 0 aliphatic carbocycles. The number of pyridine rings is 2. The van der Waals surface area contributed by atoms with Crippen LogP contribution >= 0.6 is 57.6 Å². The molecule has 0 aromatic carbocycles. The standard InChI is InChI=1S/C12H17IN2O.C7H15NO.C5H3FIN.CH2O3.ClH.2Cs/c1-9(10-4-7-16-8-5-10)15-12-11(13)3-2-6-14-12;1-6(8)7-2-4-9-5-3-7;6-5-4(7)2-1-3-8-5;2-1(3)4;;;/h2-3,6,9-10H,4-5,7-8H2,1H3,(H,14,15);6-7H,2-5,8H2,1H3;1-3H;(H2,2,3,4);1H;;/q;;;;;2*+1/p-1. The minimum absolute atomic E-state index is 0. The normalized spacial score (nSPS) is 16.1. The number of halogens is 4. The summed E-state index contributed by atoms with van der Waals surface area (Å²) >= 11 is 4.20. The quantitative estimate of drug-likeness (QED) is 0.255. The summed E-state index contributed by atoms with van der Waals surface area (Å²) in [6, 6.07) is 8.23. The van der Waals surface area contributed by atoms with E-state index in [1.165, 1.54) is 9.77 Å². The van der Waals surface area contributed by atoms with Gasteiger partial charge in [0.25, 0.3) is 0 Å². The van der Waals surface area contributed by atoms with Gasteiger partial charge in [0.15, 0.2) is 0 Å². The van der Waals surface area contributed by atoms with Crippen molar-refractivity contribution >= 4 is 69.6 Å². The Kier molecular flexibility index (Phi) is 34.9. The van der Waals surface area contributed by atoms with Gasteiger partial charge in [0.05, 0.1) is 7.14 Å². The number of nitrogens with two attached hydrogens (primary N) is 1. The van der Waals surface area contributed by atoms with E-state index in [9.17, 15) is 4.39 Å². The van der Waals surface area contributed by atoms with Crippen LogP contribution < -0.4 is 154 Å². The number of hydrogen-bond donors (Lipinski definition) is 3. The molecule has 2 aromatic rings. The van der Waals surface area contributed by atoms with E-state index in [-0.39, 0.29) is 150 Å². The molecule has 0 spiro atoms. The number of aromatic nitrogens is 2. The molecule has 2 atom stereocenters. The molecule has 0 radical (unpaired) electrons. The van der Waals surface area contributed by atoms with E-state index < -0.39 is 12.1 Å². The first kappa shape index (κ1) is 47.4. The third kappa shape index (κ3) is 23.4. The summed E-state index contributed by atoms with van der Waals surface area (Å²) in [7, 11) is 0. The Hall–Kier alpha value is 3.03. The van der Waals surface area contributed by atoms with Crippen molar-refractivity contribution < 1.29 is 167 Å². The second kappa shape index (κ2) is 29.4. The SMILES string of the molecule is CC(N)C1CCOCC1.CC(Nc1ncccc1I)C1CCOCC1.Cl.Fc1ncccc1I.O=C([O-])O.[Cs+].[Cs+]. The summed E-state index contributed by atoms with van der Waals surface area (Å²) in [5, 5.41) is 18.8. The Morgan fingerprint density at radius 2 is 1.43 bits per heavy atom. The third-order valence-electron chi connectivity index (χ3n) is 5.82. The van der Waals surface area contributed by atoms with Gasteiger partial charge in [-0.2, -0.15) is 4.39 Å². The molecule has 4 rings (SSSR count). The Bertz CT molecular complexity index is 894. The van der Waals surface area contributed by atoms with E-state index in [0.29, 0.717) is 27.5 Å². The Morgan fingerprint density at radius 3 is 1.77 bits per heavy atom. The van der Waals surface area contributed by atoms with Gasteiger partial charge in [0, 0.05) is 50.9 Å². The van der Waals surface area contributed by atoms with E-state index >= 15 is 0 Å². The number of carboxylic acid groups (broad SMARTS) is 2. The number of nitrogens with one attached hydrogen (secondary N) is 1. The summed E-state index contributed by atoms with van der Waals surface area (Å²) in [5.74, 6) is 2.01. The van der Waals surface area contributed by atoms with E-state index in [2.05, 4.69) is 57.8 Å². The molecule has 15 heteroatoms. The predicted octanol–water partition coefficient (Wildman–Crippen LogP) is -1.18. The molecule has 2 saturated heterocycles. The zero-order chi connectivity index (χ0) is 27.6. The van der Waals surface area contributed by atoms with Crippen molar-refractivity contribution in [3.05, 3.63) is 49.7 Å². The molecule has 2 aromatic heterocycles. The van der Waals surface area contributed by atoms with Gasteiger partial charge in [0.1, 0.15) is 5.82 Å². The summed E-state index contributed by atoms with van der Waals surface area (Å²) in [6.07, 6.45) is 5.78. The number of rotatable bonds is 4. The molecule has 216 valence electrons. The fourth-order valence-corrected chi connectivity index (χ4v) is 4.50. The molecule has 4 heterocycles. The first-order valence-electron chi connectivity index (χ1n) is 12.1. The molecule has 9 nitrogen and oxygen atoms in total. The summed E-state index contributed by atoms with van der Waals surface area (Å²) in [4.78, 5) is 16.2. The van der Waals surface area contributed by atoms with Gasteiger partial charge in [-0.1, -0.05) is 0 Å². The fourth-order valence-electron chi connectivity index (χ4n) is 3.65. The number of anilines is 1. The zero-order valence-electron chi connectivity index (χ0n) is 23.5. The number of hydrogen-bond acceptors (Lipinski definition) is 8. The van der Waals surface area contributed by atoms with E-state index in [1.807, 2.05) is 34.9 Å². The molecule has 0 saturated carbocycles. The van der Waals surface area contributed by atoms with E-state index in [4.69, 9.17) is 30.2 Å². The Labute approximate surface area is 388 Å². The number of carbonyl (C=O) groups is 1. The van der Waals surface area contributed by atoms with Crippen LogP contribution in [0, 0.1) is 24.9 Å². The smallest absolute Gasteiger partial charge is 0.565 e. The second-order valence-electron chi connectivity index (χ2n) is 8.57. The zero-order valence-corrected chi connectivity index (χ0v) is 41.2. The maximum Gasteiger partial charge on any atom is 1.00 e. The van der Waals surface area contributed by atoms with Gasteiger partial charge >= 0.3 is 138 Å². The molecule has 2 aliphatic heterocycles. The van der Waals surface area contributed by atoms with E-state index in [0.717, 1.165) is 57.9 Å². The van der Waals surface area contributed by atoms with E-state index in [1.54, 1.807) is 12.1 Å². The van der Waals surface area contributed by atoms with Crippen molar-refractivity contribution in [2.24, 2.45) is 17.6 Å². The molecule has 2 aliphatic rings. The monoisotopic (exact) mass is 1050 g/mol. The number of nitrogens with zero attached hydrogens (tertiary/aromatic N) is 2. The molecule has 0 bridgehead atoms. The van der Waals surface area contributed by atoms with Crippen LogP contribution in [0.25, 0.3) is 0 Å². The van der Waals surface area contributed by atoms with Gasteiger partial charge in [-0.05, 0) is 121 Å². The molecule has 40 heavy (non-hydrogen) atoms. The van der Waals surface area contributed by atoms with Crippen molar-refractivity contribution in [3.8, 4) is 0 Å². The molecular formula is C25H37ClCs2FI2N4O5+. The first-order chi connectivity index (χ1) is 17.6. The van der Waals surface area contributed by atoms with Gasteiger partial charge in [-0.25, -0.2) is 9.97 Å². The van der Waals surface area contributed by atoms with Gasteiger partial charge in [-0.15, -0.1) is 12.4 Å². The summed E-state index contributed by atoms with van der Waals surface area (Å²) in [5.41, 5.74) is 5.71. The van der Waals surface area contributed by atoms with Crippen LogP contribution in [0.15, 0.2) is 36.7 Å². The summed E-state index contributed by atoms with van der Waals surface area (Å²) in [6.45, 7) is 7.93. The van der Waals surface area contributed by atoms with Gasteiger partial charge in [-0.3, -0.25) is 0 Å². The van der Waals surface area contributed by atoms with Crippen LogP contribution in [0.4, 0.5) is 15.0 Å². The van der Waals surface area contributed by atoms with Crippen molar-refractivity contribution in [1.29, 1.82) is 0 Å². The van der Waals surface area contributed by atoms with Crippen LogP contribution in [0.1, 0.15) is 39.5 Å². The van der Waals surface area contributed by atoms with Crippen molar-refractivity contribution in [3.63, 3.8) is 0 Å². The number of ether oxygens (including phenoxy) is 2. The Balaban J connectivity index is -0.000000493. The maximum atomic E-state index is 12.2. The Morgan fingerprint density at radius 1 is 1.00 bits per heavy atom. The minimum Gasteiger partial charge on any atom is -0.565 e. The second-order valence-corrected chi connectivity index (χ2v) is 10.9. The average molecular weight is 1050 g/mol. The fraction of sp³-hybridized carbons (Fsp3) is 0.560. The molecular weight excluding hydrogens is 1010 g/mol. The molecule has 2 unspecified atom stereocenters. The van der Waals surface area contributed by atoms with Crippen LogP contribution in [-0.2, 0) is 9.47 Å². The van der Waals surface area contributed by atoms with Crippen LogP contribution in [0.3, 0.4) is 0 Å². The van der Waals surface area contributed by atoms with Crippen molar-refractivity contribution in [2.45, 2.75) is 51.6 Å². The topological polar surface area (TPSA) is 143 Å². The van der Waals surface area contributed by atoms with Gasteiger partial charge in [0.2, 0.25) is 12.1 Å². The molecule has 4 N–H and O–H groups in total. The first-order valence-corrected chi connectivity index (χ1v) is 14.2. The summed E-state index contributed by atoms with van der Waals surface area (Å²) < 4.78 is 24.5. The maximum absolute atomic E-state index is 12.2. The van der Waals surface area contributed by atoms with Gasteiger partial charge < -0.3 is 35.5 Å². The van der Waals surface area contributed by atoms with Crippen LogP contribution in [-0.4, -0.2) is 59.7 Å². The van der Waals surface area contributed by atoms with Crippen LogP contribution in [0.2, 0.25) is 0 Å². The van der Waals surface area contributed by atoms with Crippen molar-refractivity contribution in [2.75, 3.05) is 31.7 Å². The average Bonchev–Trinajstić information content (AvgIpc) is 2.89. The largest absolute Gasteiger partial charge is 1.00 e. The predicted molar refractivity (Wildman–Crippen MR) is 163 cm³/mol. The van der Waals surface area contributed by atoms with Crippen LogP contribution in [0.5, 0.6) is 0 Å². The third-order valence-corrected chi connectivity index (χ3v) is 7.49. The van der Waals surface area contributed by atoms with Crippen molar-refractivity contribution in [1.82, 2.24) is 9.97 Å². The minimum atomic E-state index is -2.08. The molecule has 0 amide bonds.